The second-order valence-electron chi connectivity index (χ2n) is 12.2. The van der Waals surface area contributed by atoms with Gasteiger partial charge >= 0.3 is 0 Å². The first-order chi connectivity index (χ1) is 14.0. The molecule has 0 unspecified atom stereocenters. The number of rotatable bonds is 8. The van der Waals surface area contributed by atoms with Gasteiger partial charge in [-0.2, -0.15) is 0 Å². The number of carbonyl (C=O) groups is 1. The van der Waals surface area contributed by atoms with Crippen molar-refractivity contribution in [3.05, 3.63) is 6.33 Å². The Balaban J connectivity index is 2.26. The summed E-state index contributed by atoms with van der Waals surface area (Å²) in [4.78, 5) is 12.8. The number of tetrazole rings is 1. The summed E-state index contributed by atoms with van der Waals surface area (Å²) in [6.07, 6.45) is 4.36. The van der Waals surface area contributed by atoms with E-state index in [1.165, 1.54) is 0 Å². The minimum atomic E-state index is -2.01. The van der Waals surface area contributed by atoms with Crippen molar-refractivity contribution in [2.45, 2.75) is 122 Å². The Morgan fingerprint density at radius 3 is 1.84 bits per heavy atom. The largest absolute Gasteiger partial charge is 0.413 e. The molecule has 1 aliphatic carbocycles. The van der Waals surface area contributed by atoms with E-state index in [4.69, 9.17) is 8.85 Å². The van der Waals surface area contributed by atoms with Crippen LogP contribution in [-0.2, 0) is 20.2 Å². The molecule has 1 aliphatic rings. The number of carbonyl (C=O) groups excluding carboxylic acids is 1. The molecule has 0 aliphatic heterocycles. The molecule has 0 radical (unpaired) electrons. The Morgan fingerprint density at radius 1 is 0.968 bits per heavy atom. The molecule has 2 rings (SSSR count). The van der Waals surface area contributed by atoms with Gasteiger partial charge in [-0.3, -0.25) is 4.79 Å². The monoisotopic (exact) mass is 468 g/mol. The summed E-state index contributed by atoms with van der Waals surface area (Å²) >= 11 is 0. The fraction of sp³-hybridized carbons (Fsp3) is 0.909. The van der Waals surface area contributed by atoms with Crippen LogP contribution in [0.3, 0.4) is 0 Å². The highest BCUT2D eigenvalue weighted by Crippen LogP contribution is 2.44. The Labute approximate surface area is 190 Å². The van der Waals surface area contributed by atoms with E-state index in [2.05, 4.69) is 83.3 Å². The van der Waals surface area contributed by atoms with Gasteiger partial charge in [0.15, 0.2) is 16.6 Å². The molecule has 0 N–H and O–H groups in total. The maximum absolute atomic E-state index is 12.8. The molecule has 178 valence electrons. The van der Waals surface area contributed by atoms with Crippen molar-refractivity contribution in [3.63, 3.8) is 0 Å². The molecule has 0 spiro atoms. The quantitative estimate of drug-likeness (QED) is 0.487. The molecule has 0 amide bonds. The maximum Gasteiger partial charge on any atom is 0.192 e. The summed E-state index contributed by atoms with van der Waals surface area (Å²) in [5.74, 6) is 0.474. The van der Waals surface area contributed by atoms with Crippen LogP contribution in [0.4, 0.5) is 0 Å². The predicted molar refractivity (Wildman–Crippen MR) is 129 cm³/mol. The van der Waals surface area contributed by atoms with Crippen molar-refractivity contribution in [1.29, 1.82) is 0 Å². The van der Waals surface area contributed by atoms with E-state index in [0.29, 0.717) is 12.8 Å². The lowest BCUT2D eigenvalue weighted by molar-refractivity contribution is -0.130. The van der Waals surface area contributed by atoms with Gasteiger partial charge in [-0.15, -0.1) is 5.10 Å². The molecule has 1 saturated carbocycles. The van der Waals surface area contributed by atoms with E-state index >= 15 is 0 Å². The molecule has 1 heterocycles. The molecule has 31 heavy (non-hydrogen) atoms. The summed E-state index contributed by atoms with van der Waals surface area (Å²) in [5.41, 5.74) is 0. The van der Waals surface area contributed by atoms with Crippen molar-refractivity contribution in [1.82, 2.24) is 20.2 Å². The molecule has 0 aromatic carbocycles. The van der Waals surface area contributed by atoms with Crippen LogP contribution in [0.2, 0.25) is 36.3 Å². The maximum atomic E-state index is 12.8. The smallest absolute Gasteiger partial charge is 0.192 e. The first-order valence-corrected chi connectivity index (χ1v) is 17.4. The van der Waals surface area contributed by atoms with Crippen molar-refractivity contribution in [3.8, 4) is 0 Å². The molecule has 1 aromatic rings. The van der Waals surface area contributed by atoms with Crippen LogP contribution in [0, 0.1) is 5.92 Å². The predicted octanol–water partition coefficient (Wildman–Crippen LogP) is 5.21. The van der Waals surface area contributed by atoms with Gasteiger partial charge in [-0.05, 0) is 59.5 Å². The van der Waals surface area contributed by atoms with Crippen LogP contribution in [0.15, 0.2) is 6.33 Å². The molecule has 0 saturated heterocycles. The van der Waals surface area contributed by atoms with Gasteiger partial charge in [0.1, 0.15) is 12.1 Å². The third kappa shape index (κ3) is 6.79. The highest BCUT2D eigenvalue weighted by Gasteiger charge is 2.48. The lowest BCUT2D eigenvalue weighted by atomic mass is 9.80. The second-order valence-corrected chi connectivity index (χ2v) is 21.7. The Kier molecular flexibility index (Phi) is 8.10. The third-order valence-corrected chi connectivity index (χ3v) is 16.6. The highest BCUT2D eigenvalue weighted by molar-refractivity contribution is 6.74. The first kappa shape index (κ1) is 26.3. The van der Waals surface area contributed by atoms with E-state index in [0.717, 1.165) is 19.4 Å². The summed E-state index contributed by atoms with van der Waals surface area (Å²) in [6, 6.07) is 0. The number of ketones is 1. The van der Waals surface area contributed by atoms with Crippen LogP contribution < -0.4 is 0 Å². The van der Waals surface area contributed by atoms with Gasteiger partial charge in [0.05, 0.1) is 12.2 Å². The molecule has 7 nitrogen and oxygen atoms in total. The minimum absolute atomic E-state index is 0.0780. The van der Waals surface area contributed by atoms with Crippen molar-refractivity contribution in [2.75, 3.05) is 0 Å². The average Bonchev–Trinajstić information content (AvgIpc) is 3.07. The van der Waals surface area contributed by atoms with E-state index < -0.39 is 16.6 Å². The summed E-state index contributed by atoms with van der Waals surface area (Å²) in [7, 11) is -4.03. The Morgan fingerprint density at radius 2 is 1.45 bits per heavy atom. The molecule has 0 bridgehead atoms. The zero-order chi connectivity index (χ0) is 23.7. The zero-order valence-corrected chi connectivity index (χ0v) is 23.4. The normalized spacial score (nSPS) is 22.2. The first-order valence-electron chi connectivity index (χ1n) is 11.6. The van der Waals surface area contributed by atoms with Crippen molar-refractivity contribution in [2.24, 2.45) is 5.92 Å². The van der Waals surface area contributed by atoms with Gasteiger partial charge in [0, 0.05) is 25.3 Å². The van der Waals surface area contributed by atoms with E-state index in [9.17, 15) is 4.79 Å². The third-order valence-electron chi connectivity index (χ3n) is 7.63. The SMILES string of the molecule is CC(C)(C)[Si](C)(C)O[C@@H]1CC(=O)C[C@@H](O[Si](C)(C)C(C)(C)C)C1CCCn1cnnn1. The van der Waals surface area contributed by atoms with Gasteiger partial charge < -0.3 is 8.85 Å². The summed E-state index contributed by atoms with van der Waals surface area (Å²) < 4.78 is 15.5. The summed E-state index contributed by atoms with van der Waals surface area (Å²) in [6.45, 7) is 23.3. The van der Waals surface area contributed by atoms with Crippen LogP contribution in [0.25, 0.3) is 0 Å². The fourth-order valence-corrected chi connectivity index (χ4v) is 6.32. The lowest BCUT2D eigenvalue weighted by Gasteiger charge is -2.48. The molecule has 1 fully saturated rings. The number of aromatic nitrogens is 4. The zero-order valence-electron chi connectivity index (χ0n) is 21.4. The number of Topliss-reactive ketones (excluding diaryl/α,β-unsaturated/α-hetero) is 1. The molecular weight excluding hydrogens is 424 g/mol. The topological polar surface area (TPSA) is 79.1 Å². The van der Waals surface area contributed by atoms with Gasteiger partial charge in [-0.25, -0.2) is 4.68 Å². The van der Waals surface area contributed by atoms with E-state index in [1.807, 2.05) is 0 Å². The highest BCUT2D eigenvalue weighted by atomic mass is 28.4. The molecule has 9 heteroatoms. The Bertz CT molecular complexity index is 684. The Hall–Kier alpha value is -0.906. The van der Waals surface area contributed by atoms with Crippen LogP contribution in [0.1, 0.15) is 67.2 Å². The molecular formula is C22H44N4O3Si2. The minimum Gasteiger partial charge on any atom is -0.413 e. The second kappa shape index (κ2) is 9.53. The number of aryl methyl sites for hydroxylation is 1. The van der Waals surface area contributed by atoms with Crippen LogP contribution in [0.5, 0.6) is 0 Å². The van der Waals surface area contributed by atoms with Crippen molar-refractivity contribution < 1.29 is 13.6 Å². The number of hydrogen-bond acceptors (Lipinski definition) is 6. The van der Waals surface area contributed by atoms with Gasteiger partial charge in [0.25, 0.3) is 0 Å². The molecule has 1 aromatic heterocycles. The fourth-order valence-electron chi connectivity index (χ4n) is 3.59. The van der Waals surface area contributed by atoms with E-state index in [-0.39, 0.29) is 34.0 Å². The van der Waals surface area contributed by atoms with Crippen molar-refractivity contribution >= 4 is 22.4 Å². The number of hydrogen-bond donors (Lipinski definition) is 0. The van der Waals surface area contributed by atoms with Gasteiger partial charge in [-0.1, -0.05) is 41.5 Å². The van der Waals surface area contributed by atoms with Gasteiger partial charge in [0.2, 0.25) is 0 Å². The summed E-state index contributed by atoms with van der Waals surface area (Å²) in [5, 5.41) is 11.6. The van der Waals surface area contributed by atoms with Crippen LogP contribution in [-0.4, -0.2) is 54.8 Å². The van der Waals surface area contributed by atoms with Crippen LogP contribution >= 0.6 is 0 Å². The molecule has 2 atom stereocenters. The number of nitrogens with zero attached hydrogens (tertiary/aromatic N) is 4. The average molecular weight is 469 g/mol. The lowest BCUT2D eigenvalue weighted by Crippen LogP contribution is -2.54. The standard InChI is InChI=1S/C22H44N4O3Si2/c1-21(2,3)30(7,8)28-19-14-17(27)15-20(29-31(9,10)22(4,5)6)18(19)12-11-13-26-16-23-24-25-26/h16,18-20H,11-15H2,1-10H3/t19-,20-/m1/s1. The van der Waals surface area contributed by atoms with E-state index in [1.54, 1.807) is 11.0 Å².